The summed E-state index contributed by atoms with van der Waals surface area (Å²) >= 11 is 5.85. The molecule has 1 unspecified atom stereocenters. The van der Waals surface area contributed by atoms with Crippen LogP contribution in [0.25, 0.3) is 11.5 Å². The largest absolute Gasteiger partial charge is 0.459 e. The van der Waals surface area contributed by atoms with Gasteiger partial charge in [0.1, 0.15) is 18.6 Å². The normalized spacial score (nSPS) is 17.4. The van der Waals surface area contributed by atoms with E-state index in [0.29, 0.717) is 36.0 Å². The minimum atomic E-state index is -3.70. The van der Waals surface area contributed by atoms with Crippen LogP contribution >= 0.6 is 11.6 Å². The Bertz CT molecular complexity index is 1150. The standard InChI is InChI=1S/C22H21ClN2O5S/c23-18-8-10-20(11-9-18)31(27,28)25-12-4-7-17(13-25)22(26)30-15-19-14-29-21(24-19)16-5-2-1-3-6-16/h1-3,5-6,8-11,14,17H,4,7,12-13,15H2. The molecule has 0 saturated carbocycles. The molecular weight excluding hydrogens is 440 g/mol. The third kappa shape index (κ3) is 4.98. The molecule has 0 radical (unpaired) electrons. The van der Waals surface area contributed by atoms with E-state index in [9.17, 15) is 13.2 Å². The minimum absolute atomic E-state index is 0.0321. The van der Waals surface area contributed by atoms with E-state index in [2.05, 4.69) is 4.98 Å². The van der Waals surface area contributed by atoms with E-state index in [1.54, 1.807) is 0 Å². The molecule has 0 N–H and O–H groups in total. The Morgan fingerprint density at radius 2 is 1.90 bits per heavy atom. The fourth-order valence-electron chi connectivity index (χ4n) is 3.46. The van der Waals surface area contributed by atoms with Crippen molar-refractivity contribution in [1.82, 2.24) is 9.29 Å². The number of hydrogen-bond acceptors (Lipinski definition) is 6. The van der Waals surface area contributed by atoms with Crippen LogP contribution in [0.2, 0.25) is 5.02 Å². The van der Waals surface area contributed by atoms with Crippen molar-refractivity contribution in [3.8, 4) is 11.5 Å². The van der Waals surface area contributed by atoms with Crippen molar-refractivity contribution in [2.45, 2.75) is 24.3 Å². The number of ether oxygens (including phenoxy) is 1. The molecule has 1 aliphatic heterocycles. The number of sulfonamides is 1. The lowest BCUT2D eigenvalue weighted by Crippen LogP contribution is -2.42. The molecule has 0 bridgehead atoms. The molecule has 2 heterocycles. The molecule has 1 fully saturated rings. The van der Waals surface area contributed by atoms with Gasteiger partial charge in [-0.3, -0.25) is 4.79 Å². The molecule has 9 heteroatoms. The third-order valence-corrected chi connectivity index (χ3v) is 7.24. The van der Waals surface area contributed by atoms with E-state index in [1.165, 1.54) is 34.8 Å². The molecule has 4 rings (SSSR count). The molecule has 0 spiro atoms. The van der Waals surface area contributed by atoms with Crippen LogP contribution < -0.4 is 0 Å². The number of oxazole rings is 1. The summed E-state index contributed by atoms with van der Waals surface area (Å²) in [6.45, 7) is 0.409. The van der Waals surface area contributed by atoms with Gasteiger partial charge in [-0.15, -0.1) is 0 Å². The van der Waals surface area contributed by atoms with E-state index >= 15 is 0 Å². The van der Waals surface area contributed by atoms with Crippen LogP contribution in [0.1, 0.15) is 18.5 Å². The Morgan fingerprint density at radius 3 is 2.65 bits per heavy atom. The number of esters is 1. The van der Waals surface area contributed by atoms with Crippen molar-refractivity contribution < 1.29 is 22.4 Å². The predicted octanol–water partition coefficient (Wildman–Crippen LogP) is 4.14. The van der Waals surface area contributed by atoms with E-state index < -0.39 is 21.9 Å². The molecule has 1 atom stereocenters. The van der Waals surface area contributed by atoms with Crippen molar-refractivity contribution in [1.29, 1.82) is 0 Å². The zero-order chi connectivity index (χ0) is 21.8. The van der Waals surface area contributed by atoms with Gasteiger partial charge >= 0.3 is 5.97 Å². The second-order valence-electron chi connectivity index (χ2n) is 7.27. The average molecular weight is 461 g/mol. The van der Waals surface area contributed by atoms with Crippen LogP contribution in [0.4, 0.5) is 0 Å². The van der Waals surface area contributed by atoms with Gasteiger partial charge in [-0.1, -0.05) is 29.8 Å². The fraction of sp³-hybridized carbons (Fsp3) is 0.273. The SMILES string of the molecule is O=C(OCc1coc(-c2ccccc2)n1)C1CCCN(S(=O)(=O)c2ccc(Cl)cc2)C1. The topological polar surface area (TPSA) is 89.7 Å². The molecule has 31 heavy (non-hydrogen) atoms. The molecule has 0 aliphatic carbocycles. The average Bonchev–Trinajstić information content (AvgIpc) is 3.27. The summed E-state index contributed by atoms with van der Waals surface area (Å²) in [6, 6.07) is 15.4. The zero-order valence-corrected chi connectivity index (χ0v) is 18.2. The number of rotatable bonds is 6. The third-order valence-electron chi connectivity index (χ3n) is 5.10. The number of carbonyl (C=O) groups is 1. The van der Waals surface area contributed by atoms with Crippen molar-refractivity contribution in [3.63, 3.8) is 0 Å². The second kappa shape index (κ2) is 9.21. The van der Waals surface area contributed by atoms with Crippen LogP contribution in [0.5, 0.6) is 0 Å². The highest BCUT2D eigenvalue weighted by Crippen LogP contribution is 2.26. The quantitative estimate of drug-likeness (QED) is 0.513. The van der Waals surface area contributed by atoms with Gasteiger partial charge in [-0.25, -0.2) is 13.4 Å². The maximum absolute atomic E-state index is 12.9. The Morgan fingerprint density at radius 1 is 1.16 bits per heavy atom. The molecule has 1 saturated heterocycles. The number of hydrogen-bond donors (Lipinski definition) is 0. The van der Waals surface area contributed by atoms with Crippen molar-refractivity contribution in [2.75, 3.05) is 13.1 Å². The summed E-state index contributed by atoms with van der Waals surface area (Å²) in [6.07, 6.45) is 2.60. The Hall–Kier alpha value is -2.68. The maximum Gasteiger partial charge on any atom is 0.310 e. The highest BCUT2D eigenvalue weighted by atomic mass is 35.5. The van der Waals surface area contributed by atoms with Gasteiger partial charge in [0.2, 0.25) is 15.9 Å². The number of aromatic nitrogens is 1. The molecule has 1 aliphatic rings. The summed E-state index contributed by atoms with van der Waals surface area (Å²) in [4.78, 5) is 17.1. The first-order valence-electron chi connectivity index (χ1n) is 9.85. The van der Waals surface area contributed by atoms with Gasteiger partial charge in [-0.05, 0) is 49.2 Å². The molecular formula is C22H21ClN2O5S. The van der Waals surface area contributed by atoms with Crippen LogP contribution in [0.15, 0.2) is 70.2 Å². The lowest BCUT2D eigenvalue weighted by molar-refractivity contribution is -0.151. The second-order valence-corrected chi connectivity index (χ2v) is 9.65. The minimum Gasteiger partial charge on any atom is -0.459 e. The Balaban J connectivity index is 1.37. The Labute approximate surface area is 185 Å². The lowest BCUT2D eigenvalue weighted by atomic mass is 10.00. The van der Waals surface area contributed by atoms with Crippen LogP contribution in [-0.2, 0) is 26.2 Å². The predicted molar refractivity (Wildman–Crippen MR) is 115 cm³/mol. The van der Waals surface area contributed by atoms with E-state index in [4.69, 9.17) is 20.8 Å². The molecule has 162 valence electrons. The van der Waals surface area contributed by atoms with Gasteiger partial charge in [0, 0.05) is 23.7 Å². The summed E-state index contributed by atoms with van der Waals surface area (Å²) in [5, 5.41) is 0.460. The summed E-state index contributed by atoms with van der Waals surface area (Å²) in [5.74, 6) is -0.527. The summed E-state index contributed by atoms with van der Waals surface area (Å²) in [7, 11) is -3.70. The van der Waals surface area contributed by atoms with Crippen molar-refractivity contribution in [2.24, 2.45) is 5.92 Å². The number of halogens is 1. The molecule has 7 nitrogen and oxygen atoms in total. The highest BCUT2D eigenvalue weighted by molar-refractivity contribution is 7.89. The first-order valence-corrected chi connectivity index (χ1v) is 11.7. The molecule has 0 amide bonds. The van der Waals surface area contributed by atoms with E-state index in [-0.39, 0.29) is 18.0 Å². The van der Waals surface area contributed by atoms with Crippen molar-refractivity contribution >= 4 is 27.6 Å². The maximum atomic E-state index is 12.9. The summed E-state index contributed by atoms with van der Waals surface area (Å²) in [5.41, 5.74) is 1.32. The number of carbonyl (C=O) groups excluding carboxylic acids is 1. The monoisotopic (exact) mass is 460 g/mol. The van der Waals surface area contributed by atoms with Gasteiger partial charge in [-0.2, -0.15) is 4.31 Å². The first kappa shape index (κ1) is 21.5. The van der Waals surface area contributed by atoms with E-state index in [0.717, 1.165) is 5.56 Å². The van der Waals surface area contributed by atoms with Crippen LogP contribution in [0, 0.1) is 5.92 Å². The van der Waals surface area contributed by atoms with E-state index in [1.807, 2.05) is 30.3 Å². The fourth-order valence-corrected chi connectivity index (χ4v) is 5.11. The molecule has 2 aromatic carbocycles. The van der Waals surface area contributed by atoms with Gasteiger partial charge < -0.3 is 9.15 Å². The molecule has 3 aromatic rings. The number of nitrogens with zero attached hydrogens (tertiary/aromatic N) is 2. The zero-order valence-electron chi connectivity index (χ0n) is 16.6. The van der Waals surface area contributed by atoms with Gasteiger partial charge in [0.15, 0.2) is 0 Å². The van der Waals surface area contributed by atoms with Crippen LogP contribution in [-0.4, -0.2) is 36.8 Å². The molecule has 1 aromatic heterocycles. The highest BCUT2D eigenvalue weighted by Gasteiger charge is 2.34. The lowest BCUT2D eigenvalue weighted by Gasteiger charge is -2.30. The first-order chi connectivity index (χ1) is 14.9. The number of piperidine rings is 1. The van der Waals surface area contributed by atoms with Crippen LogP contribution in [0.3, 0.4) is 0 Å². The smallest absolute Gasteiger partial charge is 0.310 e. The van der Waals surface area contributed by atoms with Crippen molar-refractivity contribution in [3.05, 3.63) is 71.6 Å². The van der Waals surface area contributed by atoms with Gasteiger partial charge in [0.05, 0.1) is 10.8 Å². The summed E-state index contributed by atoms with van der Waals surface area (Å²) < 4.78 is 38.0. The number of benzene rings is 2. The Kier molecular flexibility index (Phi) is 6.41. The van der Waals surface area contributed by atoms with Gasteiger partial charge in [0.25, 0.3) is 0 Å².